The molecule has 0 bridgehead atoms. The van der Waals surface area contributed by atoms with Crippen molar-refractivity contribution >= 4 is 11.8 Å². The number of thioether (sulfide) groups is 1. The van der Waals surface area contributed by atoms with Crippen LogP contribution in [0, 0.1) is 5.92 Å². The van der Waals surface area contributed by atoms with Crippen molar-refractivity contribution in [2.24, 2.45) is 5.92 Å². The highest BCUT2D eigenvalue weighted by Gasteiger charge is 2.43. The van der Waals surface area contributed by atoms with E-state index in [9.17, 15) is 5.11 Å². The van der Waals surface area contributed by atoms with Crippen molar-refractivity contribution in [2.45, 2.75) is 63.8 Å². The zero-order chi connectivity index (χ0) is 13.7. The minimum atomic E-state index is -0.328. The van der Waals surface area contributed by atoms with Gasteiger partial charge in [0, 0.05) is 19.0 Å². The molecule has 4 heteroatoms. The minimum absolute atomic E-state index is 0.00389. The van der Waals surface area contributed by atoms with Crippen molar-refractivity contribution in [3.05, 3.63) is 0 Å². The molecule has 1 spiro atoms. The molecule has 2 fully saturated rings. The molecule has 0 radical (unpaired) electrons. The summed E-state index contributed by atoms with van der Waals surface area (Å²) in [5.41, 5.74) is 0.0531. The third kappa shape index (κ3) is 3.87. The van der Waals surface area contributed by atoms with E-state index < -0.39 is 0 Å². The molecule has 0 aromatic carbocycles. The zero-order valence-corrected chi connectivity index (χ0v) is 13.1. The van der Waals surface area contributed by atoms with Gasteiger partial charge in [-0.1, -0.05) is 13.3 Å². The first kappa shape index (κ1) is 15.6. The van der Waals surface area contributed by atoms with Crippen LogP contribution in [0.4, 0.5) is 0 Å². The highest BCUT2D eigenvalue weighted by atomic mass is 32.2. The van der Waals surface area contributed by atoms with Gasteiger partial charge in [0.25, 0.3) is 0 Å². The molecule has 19 heavy (non-hydrogen) atoms. The van der Waals surface area contributed by atoms with E-state index in [1.165, 1.54) is 5.75 Å². The number of hydrogen-bond acceptors (Lipinski definition) is 4. The van der Waals surface area contributed by atoms with Crippen LogP contribution in [0.25, 0.3) is 0 Å². The fraction of sp³-hybridized carbons (Fsp3) is 1.00. The third-order valence-electron chi connectivity index (χ3n) is 4.42. The molecule has 0 aliphatic carbocycles. The van der Waals surface area contributed by atoms with E-state index in [2.05, 4.69) is 6.92 Å². The van der Waals surface area contributed by atoms with E-state index in [1.54, 1.807) is 0 Å². The van der Waals surface area contributed by atoms with E-state index in [0.29, 0.717) is 12.5 Å². The molecule has 2 aliphatic rings. The molecular formula is C15H28O3S. The molecule has 0 aromatic heterocycles. The molecule has 2 heterocycles. The fourth-order valence-corrected chi connectivity index (χ4v) is 4.75. The second-order valence-corrected chi connectivity index (χ2v) is 6.97. The fourth-order valence-electron chi connectivity index (χ4n) is 3.38. The Morgan fingerprint density at radius 3 is 2.95 bits per heavy atom. The van der Waals surface area contributed by atoms with Gasteiger partial charge in [-0.3, -0.25) is 0 Å². The van der Waals surface area contributed by atoms with Crippen molar-refractivity contribution < 1.29 is 14.6 Å². The van der Waals surface area contributed by atoms with Crippen LogP contribution in [0.5, 0.6) is 0 Å². The van der Waals surface area contributed by atoms with E-state index in [4.69, 9.17) is 9.47 Å². The van der Waals surface area contributed by atoms with Gasteiger partial charge in [0.15, 0.2) is 0 Å². The summed E-state index contributed by atoms with van der Waals surface area (Å²) >= 11 is 1.98. The Hall–Kier alpha value is 0.230. The normalized spacial score (nSPS) is 34.6. The Bertz CT molecular complexity index is 260. The third-order valence-corrected chi connectivity index (χ3v) is 5.64. The molecule has 4 unspecified atom stereocenters. The van der Waals surface area contributed by atoms with E-state index >= 15 is 0 Å². The van der Waals surface area contributed by atoms with Crippen molar-refractivity contribution in [1.82, 2.24) is 0 Å². The largest absolute Gasteiger partial charge is 0.390 e. The summed E-state index contributed by atoms with van der Waals surface area (Å²) in [6, 6.07) is 0. The molecule has 0 saturated carbocycles. The molecule has 2 rings (SSSR count). The lowest BCUT2D eigenvalue weighted by Gasteiger charge is -2.41. The molecule has 3 nitrogen and oxygen atoms in total. The molecule has 1 N–H and O–H groups in total. The Kier molecular flexibility index (Phi) is 6.00. The second kappa shape index (κ2) is 7.30. The quantitative estimate of drug-likeness (QED) is 0.815. The first-order valence-corrected chi connectivity index (χ1v) is 8.87. The number of hydrogen-bond donors (Lipinski definition) is 1. The molecule has 4 atom stereocenters. The average Bonchev–Trinajstić information content (AvgIpc) is 2.86. The van der Waals surface area contributed by atoms with Crippen LogP contribution in [0.15, 0.2) is 0 Å². The lowest BCUT2D eigenvalue weighted by Crippen LogP contribution is -2.46. The SMILES string of the molecule is CCCC(OCC)C(O)C1CCOC2(CCSC2)C1. The standard InChI is InChI=1S/C15H28O3S/c1-3-5-13(17-4-2)14(16)12-6-8-18-15(10-12)7-9-19-11-15/h12-14,16H,3-11H2,1-2H3. The summed E-state index contributed by atoms with van der Waals surface area (Å²) in [5.74, 6) is 2.64. The maximum atomic E-state index is 10.7. The monoisotopic (exact) mass is 288 g/mol. The van der Waals surface area contributed by atoms with Gasteiger partial charge in [-0.25, -0.2) is 0 Å². The molecule has 2 saturated heterocycles. The number of aliphatic hydroxyl groups excluding tert-OH is 1. The predicted octanol–water partition coefficient (Wildman–Crippen LogP) is 2.85. The van der Waals surface area contributed by atoms with E-state index in [0.717, 1.165) is 44.5 Å². The van der Waals surface area contributed by atoms with E-state index in [1.807, 2.05) is 18.7 Å². The van der Waals surface area contributed by atoms with Gasteiger partial charge < -0.3 is 14.6 Å². The van der Waals surface area contributed by atoms with E-state index in [-0.39, 0.29) is 17.8 Å². The Balaban J connectivity index is 1.94. The minimum Gasteiger partial charge on any atom is -0.390 e. The van der Waals surface area contributed by atoms with Crippen LogP contribution in [0.3, 0.4) is 0 Å². The molecule has 0 aromatic rings. The Morgan fingerprint density at radius 1 is 1.47 bits per heavy atom. The maximum absolute atomic E-state index is 10.7. The van der Waals surface area contributed by atoms with Gasteiger partial charge in [0.1, 0.15) is 0 Å². The first-order chi connectivity index (χ1) is 9.21. The zero-order valence-electron chi connectivity index (χ0n) is 12.3. The summed E-state index contributed by atoms with van der Waals surface area (Å²) in [5, 5.41) is 10.7. The highest BCUT2D eigenvalue weighted by Crippen LogP contribution is 2.42. The first-order valence-electron chi connectivity index (χ1n) is 7.72. The summed E-state index contributed by atoms with van der Waals surface area (Å²) in [4.78, 5) is 0. The van der Waals surface area contributed by atoms with Crippen LogP contribution in [-0.2, 0) is 9.47 Å². The molecule has 112 valence electrons. The van der Waals surface area contributed by atoms with Crippen molar-refractivity contribution in [3.63, 3.8) is 0 Å². The molecule has 0 amide bonds. The number of aliphatic hydroxyl groups is 1. The second-order valence-electron chi connectivity index (χ2n) is 5.86. The van der Waals surface area contributed by atoms with Crippen LogP contribution >= 0.6 is 11.8 Å². The van der Waals surface area contributed by atoms with Crippen LogP contribution < -0.4 is 0 Å². The van der Waals surface area contributed by atoms with Gasteiger partial charge in [0.2, 0.25) is 0 Å². The average molecular weight is 288 g/mol. The summed E-state index contributed by atoms with van der Waals surface area (Å²) < 4.78 is 11.8. The van der Waals surface area contributed by atoms with Crippen LogP contribution in [0.1, 0.15) is 46.0 Å². The van der Waals surface area contributed by atoms with Gasteiger partial charge in [-0.15, -0.1) is 0 Å². The lowest BCUT2D eigenvalue weighted by molar-refractivity contribution is -0.129. The maximum Gasteiger partial charge on any atom is 0.0836 e. The Morgan fingerprint density at radius 2 is 2.32 bits per heavy atom. The summed E-state index contributed by atoms with van der Waals surface area (Å²) in [6.45, 7) is 5.64. The molecule has 2 aliphatic heterocycles. The van der Waals surface area contributed by atoms with Crippen molar-refractivity contribution in [1.29, 1.82) is 0 Å². The molecular weight excluding hydrogens is 260 g/mol. The van der Waals surface area contributed by atoms with Crippen molar-refractivity contribution in [3.8, 4) is 0 Å². The van der Waals surface area contributed by atoms with Gasteiger partial charge in [0.05, 0.1) is 17.8 Å². The van der Waals surface area contributed by atoms with Crippen molar-refractivity contribution in [2.75, 3.05) is 24.7 Å². The van der Waals surface area contributed by atoms with Crippen LogP contribution in [-0.4, -0.2) is 47.6 Å². The van der Waals surface area contributed by atoms with Gasteiger partial charge >= 0.3 is 0 Å². The van der Waals surface area contributed by atoms with Crippen LogP contribution in [0.2, 0.25) is 0 Å². The number of rotatable bonds is 6. The topological polar surface area (TPSA) is 38.7 Å². The summed E-state index contributed by atoms with van der Waals surface area (Å²) in [7, 11) is 0. The predicted molar refractivity (Wildman–Crippen MR) is 79.7 cm³/mol. The lowest BCUT2D eigenvalue weighted by atomic mass is 9.80. The summed E-state index contributed by atoms with van der Waals surface area (Å²) in [6.07, 6.45) is 4.82. The smallest absolute Gasteiger partial charge is 0.0836 e. The Labute approximate surface area is 121 Å². The number of ether oxygens (including phenoxy) is 2. The van der Waals surface area contributed by atoms with Gasteiger partial charge in [-0.05, 0) is 44.3 Å². The highest BCUT2D eigenvalue weighted by molar-refractivity contribution is 7.99. The van der Waals surface area contributed by atoms with Gasteiger partial charge in [-0.2, -0.15) is 11.8 Å².